The summed E-state index contributed by atoms with van der Waals surface area (Å²) in [4.78, 5) is 12.7. The zero-order valence-electron chi connectivity index (χ0n) is 15.1. The Kier molecular flexibility index (Phi) is 4.23. The van der Waals surface area contributed by atoms with Crippen LogP contribution in [0.4, 0.5) is 0 Å². The van der Waals surface area contributed by atoms with Crippen LogP contribution in [-0.4, -0.2) is 37.1 Å². The van der Waals surface area contributed by atoms with Crippen molar-refractivity contribution in [2.24, 2.45) is 11.4 Å². The fraction of sp³-hybridized carbons (Fsp3) is 0.105. The standard InChI is InChI=1S/C19H16N4O4S/c1-23-16(12-7-9-13(27-2)10-8-12)11-15(21-23)19(24)20-18-14-5-3-4-6-17(14)28(25,26)22-18/h3-11H,1-2H3,(H,20,22,24). The van der Waals surface area contributed by atoms with Crippen LogP contribution in [0.5, 0.6) is 5.75 Å². The number of amidine groups is 1. The highest BCUT2D eigenvalue weighted by Gasteiger charge is 2.30. The van der Waals surface area contributed by atoms with Crippen molar-refractivity contribution in [1.29, 1.82) is 0 Å². The number of aryl methyl sites for hydroxylation is 1. The molecule has 0 unspecified atom stereocenters. The predicted molar refractivity (Wildman–Crippen MR) is 103 cm³/mol. The van der Waals surface area contributed by atoms with E-state index in [1.54, 1.807) is 43.1 Å². The largest absolute Gasteiger partial charge is 0.497 e. The van der Waals surface area contributed by atoms with Crippen molar-refractivity contribution in [3.8, 4) is 17.0 Å². The highest BCUT2D eigenvalue weighted by molar-refractivity contribution is 7.90. The summed E-state index contributed by atoms with van der Waals surface area (Å²) >= 11 is 0. The Balaban J connectivity index is 1.62. The van der Waals surface area contributed by atoms with Crippen LogP contribution in [0.15, 0.2) is 63.9 Å². The summed E-state index contributed by atoms with van der Waals surface area (Å²) in [5.41, 5.74) is 2.11. The van der Waals surface area contributed by atoms with Crippen LogP contribution in [0.3, 0.4) is 0 Å². The van der Waals surface area contributed by atoms with Gasteiger partial charge in [0.05, 0.1) is 12.8 Å². The van der Waals surface area contributed by atoms with Gasteiger partial charge in [-0.2, -0.15) is 13.5 Å². The highest BCUT2D eigenvalue weighted by Crippen LogP contribution is 2.26. The molecule has 28 heavy (non-hydrogen) atoms. The number of sulfonamides is 1. The summed E-state index contributed by atoms with van der Waals surface area (Å²) in [7, 11) is -0.485. The lowest BCUT2D eigenvalue weighted by atomic mass is 10.1. The number of methoxy groups -OCH3 is 1. The first-order chi connectivity index (χ1) is 13.4. The van der Waals surface area contributed by atoms with Crippen LogP contribution in [0.2, 0.25) is 0 Å². The summed E-state index contributed by atoms with van der Waals surface area (Å²) < 4.78 is 34.6. The molecule has 0 spiro atoms. The zero-order chi connectivity index (χ0) is 19.9. The van der Waals surface area contributed by atoms with Crippen LogP contribution >= 0.6 is 0 Å². The van der Waals surface area contributed by atoms with E-state index in [4.69, 9.17) is 4.74 Å². The van der Waals surface area contributed by atoms with E-state index in [-0.39, 0.29) is 16.4 Å². The third-order valence-corrected chi connectivity index (χ3v) is 5.70. The van der Waals surface area contributed by atoms with Crippen molar-refractivity contribution in [3.05, 3.63) is 65.9 Å². The Morgan fingerprint density at radius 2 is 1.82 bits per heavy atom. The van der Waals surface area contributed by atoms with Gasteiger partial charge in [0.2, 0.25) is 0 Å². The fourth-order valence-corrected chi connectivity index (χ4v) is 4.15. The van der Waals surface area contributed by atoms with E-state index >= 15 is 0 Å². The molecule has 8 nitrogen and oxygen atoms in total. The summed E-state index contributed by atoms with van der Waals surface area (Å²) in [6, 6.07) is 15.3. The van der Waals surface area contributed by atoms with Gasteiger partial charge in [-0.15, -0.1) is 4.40 Å². The number of aromatic nitrogens is 2. The monoisotopic (exact) mass is 396 g/mol. The Labute approximate surface area is 161 Å². The molecule has 0 saturated carbocycles. The molecule has 1 aliphatic heterocycles. The zero-order valence-corrected chi connectivity index (χ0v) is 15.9. The quantitative estimate of drug-likeness (QED) is 0.729. The first-order valence-electron chi connectivity index (χ1n) is 8.33. The molecule has 0 atom stereocenters. The third kappa shape index (κ3) is 3.05. The molecule has 0 radical (unpaired) electrons. The molecule has 0 aliphatic carbocycles. The summed E-state index contributed by atoms with van der Waals surface area (Å²) in [5.74, 6) is 0.182. The second-order valence-electron chi connectivity index (χ2n) is 6.13. The lowest BCUT2D eigenvalue weighted by molar-refractivity contribution is 0.0971. The van der Waals surface area contributed by atoms with Crippen molar-refractivity contribution in [2.45, 2.75) is 4.90 Å². The SMILES string of the molecule is COc1ccc(-c2cc(C(=O)NC3=NS(=O)(=O)c4ccccc43)nn2C)cc1. The Hall–Kier alpha value is -3.46. The molecular weight excluding hydrogens is 380 g/mol. The number of nitrogens with one attached hydrogen (secondary N) is 1. The van der Waals surface area contributed by atoms with Crippen LogP contribution in [0.25, 0.3) is 11.3 Å². The van der Waals surface area contributed by atoms with Gasteiger partial charge >= 0.3 is 0 Å². The van der Waals surface area contributed by atoms with Gasteiger partial charge in [0.15, 0.2) is 11.5 Å². The number of benzene rings is 2. The van der Waals surface area contributed by atoms with E-state index in [9.17, 15) is 13.2 Å². The molecule has 0 bridgehead atoms. The molecule has 9 heteroatoms. The van der Waals surface area contributed by atoms with Gasteiger partial charge in [0.1, 0.15) is 10.6 Å². The Morgan fingerprint density at radius 1 is 1.11 bits per heavy atom. The Bertz CT molecular complexity index is 1210. The van der Waals surface area contributed by atoms with Gasteiger partial charge < -0.3 is 10.1 Å². The summed E-state index contributed by atoms with van der Waals surface area (Å²) in [6.45, 7) is 0. The van der Waals surface area contributed by atoms with Gasteiger partial charge in [-0.05, 0) is 42.5 Å². The number of nitrogens with zero attached hydrogens (tertiary/aromatic N) is 3. The molecule has 142 valence electrons. The van der Waals surface area contributed by atoms with Crippen LogP contribution < -0.4 is 10.1 Å². The number of fused-ring (bicyclic) bond motifs is 1. The molecule has 1 N–H and O–H groups in total. The minimum absolute atomic E-state index is 0.00255. The molecule has 3 aromatic rings. The van der Waals surface area contributed by atoms with Crippen molar-refractivity contribution in [3.63, 3.8) is 0 Å². The molecule has 2 heterocycles. The topological polar surface area (TPSA) is 103 Å². The smallest absolute Gasteiger partial charge is 0.285 e. The second-order valence-corrected chi connectivity index (χ2v) is 7.70. The summed E-state index contributed by atoms with van der Waals surface area (Å²) in [5, 5.41) is 6.79. The number of rotatable bonds is 3. The minimum atomic E-state index is -3.80. The predicted octanol–water partition coefficient (Wildman–Crippen LogP) is 1.97. The maximum Gasteiger partial charge on any atom is 0.285 e. The van der Waals surface area contributed by atoms with Crippen LogP contribution in [0, 0.1) is 0 Å². The van der Waals surface area contributed by atoms with E-state index < -0.39 is 15.9 Å². The second kappa shape index (κ2) is 6.61. The number of hydrogen-bond acceptors (Lipinski definition) is 5. The fourth-order valence-electron chi connectivity index (χ4n) is 2.98. The van der Waals surface area contributed by atoms with Gasteiger partial charge in [-0.1, -0.05) is 12.1 Å². The normalized spacial score (nSPS) is 14.3. The molecule has 0 saturated heterocycles. The number of carbonyl (C=O) groups is 1. The van der Waals surface area contributed by atoms with E-state index in [2.05, 4.69) is 14.8 Å². The van der Waals surface area contributed by atoms with Gasteiger partial charge in [-0.25, -0.2) is 0 Å². The Morgan fingerprint density at radius 3 is 2.54 bits per heavy atom. The molecular formula is C19H16N4O4S. The average Bonchev–Trinajstić information content (AvgIpc) is 3.20. The molecule has 1 aromatic heterocycles. The van der Waals surface area contributed by atoms with Crippen molar-refractivity contribution >= 4 is 21.8 Å². The third-order valence-electron chi connectivity index (χ3n) is 4.36. The first-order valence-corrected chi connectivity index (χ1v) is 9.77. The minimum Gasteiger partial charge on any atom is -0.497 e. The lowest BCUT2D eigenvalue weighted by Gasteiger charge is -2.03. The molecule has 1 aliphatic rings. The number of amides is 1. The molecule has 4 rings (SSSR count). The van der Waals surface area contributed by atoms with Crippen molar-refractivity contribution in [1.82, 2.24) is 15.1 Å². The molecule has 1 amide bonds. The van der Waals surface area contributed by atoms with Crippen molar-refractivity contribution < 1.29 is 17.9 Å². The van der Waals surface area contributed by atoms with Gasteiger partial charge in [0.25, 0.3) is 15.9 Å². The van der Waals surface area contributed by atoms with Crippen molar-refractivity contribution in [2.75, 3.05) is 7.11 Å². The number of hydrogen-bond donors (Lipinski definition) is 1. The first kappa shape index (κ1) is 17.9. The maximum atomic E-state index is 12.6. The lowest BCUT2D eigenvalue weighted by Crippen LogP contribution is -2.30. The van der Waals surface area contributed by atoms with E-state index in [0.29, 0.717) is 5.56 Å². The van der Waals surface area contributed by atoms with Crippen LogP contribution in [0.1, 0.15) is 16.1 Å². The average molecular weight is 396 g/mol. The van der Waals surface area contributed by atoms with Gasteiger partial charge in [0, 0.05) is 18.2 Å². The number of carbonyl (C=O) groups excluding carboxylic acids is 1. The van der Waals surface area contributed by atoms with Gasteiger partial charge in [-0.3, -0.25) is 9.48 Å². The van der Waals surface area contributed by atoms with E-state index in [1.807, 2.05) is 24.3 Å². The number of ether oxygens (including phenoxy) is 1. The van der Waals surface area contributed by atoms with E-state index in [0.717, 1.165) is 17.0 Å². The molecule has 0 fully saturated rings. The maximum absolute atomic E-state index is 12.6. The summed E-state index contributed by atoms with van der Waals surface area (Å²) in [6.07, 6.45) is 0. The van der Waals surface area contributed by atoms with Crippen LogP contribution in [-0.2, 0) is 17.1 Å². The molecule has 2 aromatic carbocycles. The highest BCUT2D eigenvalue weighted by atomic mass is 32.2. The van der Waals surface area contributed by atoms with E-state index in [1.165, 1.54) is 6.07 Å².